The summed E-state index contributed by atoms with van der Waals surface area (Å²) >= 11 is 0. The summed E-state index contributed by atoms with van der Waals surface area (Å²) < 4.78 is 7.29. The number of nitrogens with two attached hydrogens (primary N) is 1. The maximum atomic E-state index is 12.8. The van der Waals surface area contributed by atoms with Crippen LogP contribution in [0.5, 0.6) is 0 Å². The van der Waals surface area contributed by atoms with Gasteiger partial charge in [-0.3, -0.25) is 5.73 Å². The number of esters is 1. The Labute approximate surface area is 198 Å². The first-order valence-corrected chi connectivity index (χ1v) is 10.7. The Morgan fingerprint density at radius 1 is 1.11 bits per heavy atom. The van der Waals surface area contributed by atoms with Crippen molar-refractivity contribution in [3.05, 3.63) is 98.5 Å². The summed E-state index contributed by atoms with van der Waals surface area (Å²) in [6, 6.07) is 14.3. The van der Waals surface area contributed by atoms with Crippen LogP contribution in [0.2, 0.25) is 0 Å². The molecule has 11 heteroatoms. The molecule has 0 saturated carbocycles. The molecule has 5 N–H and O–H groups in total. The van der Waals surface area contributed by atoms with Crippen molar-refractivity contribution in [2.45, 2.75) is 26.2 Å². The van der Waals surface area contributed by atoms with Gasteiger partial charge < -0.3 is 14.8 Å². The summed E-state index contributed by atoms with van der Waals surface area (Å²) in [4.78, 5) is 52.1. The minimum absolute atomic E-state index is 0.0542. The highest BCUT2D eigenvalue weighted by Gasteiger charge is 2.21. The van der Waals surface area contributed by atoms with E-state index < -0.39 is 29.5 Å². The van der Waals surface area contributed by atoms with Crippen LogP contribution in [0.25, 0.3) is 16.5 Å². The van der Waals surface area contributed by atoms with E-state index >= 15 is 0 Å². The molecule has 4 aromatic rings. The molecule has 1 unspecified atom stereocenters. The van der Waals surface area contributed by atoms with Gasteiger partial charge in [-0.2, -0.15) is 0 Å². The van der Waals surface area contributed by atoms with E-state index in [1.165, 1.54) is 17.8 Å². The van der Waals surface area contributed by atoms with Gasteiger partial charge in [-0.15, -0.1) is 0 Å². The monoisotopic (exact) mass is 477 g/mol. The summed E-state index contributed by atoms with van der Waals surface area (Å²) in [5.41, 5.74) is 6.70. The number of hydrogen-bond acceptors (Lipinski definition) is 6. The van der Waals surface area contributed by atoms with Crippen molar-refractivity contribution in [2.24, 2.45) is 5.73 Å². The van der Waals surface area contributed by atoms with Crippen molar-refractivity contribution in [3.63, 3.8) is 0 Å². The summed E-state index contributed by atoms with van der Waals surface area (Å²) in [6.07, 6.45) is 1.32. The number of carboxylic acids is 1. The topological polar surface area (TPSA) is 165 Å². The predicted octanol–water partition coefficient (Wildman–Crippen LogP) is 1.23. The van der Waals surface area contributed by atoms with Crippen LogP contribution in [0.15, 0.2) is 70.4 Å². The third-order valence-electron chi connectivity index (χ3n) is 5.28. The lowest BCUT2D eigenvalue weighted by Gasteiger charge is -2.10. The molecular formula is C24H23N5O6. The van der Waals surface area contributed by atoms with Gasteiger partial charge in [0.2, 0.25) is 0 Å². The first-order chi connectivity index (χ1) is 16.7. The standard InChI is InChI=1S/C24H23N5O6/c1-14(25)35-22(32)18(10-21(30)31)19-11-26-20-8-7-16(9-17(19)20)13-29-24(34)28(23(33)27-29)12-15-5-3-2-4-6-15/h2-11,14,26H,12-13,25H2,1H3,(H,27,33)(H,30,31)/b18-10-. The Balaban J connectivity index is 1.69. The maximum absolute atomic E-state index is 12.8. The Morgan fingerprint density at radius 2 is 1.86 bits per heavy atom. The first-order valence-electron chi connectivity index (χ1n) is 10.7. The highest BCUT2D eigenvalue weighted by atomic mass is 16.6. The number of hydrogen-bond donors (Lipinski definition) is 4. The molecule has 35 heavy (non-hydrogen) atoms. The number of aromatic nitrogens is 4. The first kappa shape index (κ1) is 23.5. The van der Waals surface area contributed by atoms with Gasteiger partial charge in [0, 0.05) is 28.7 Å². The van der Waals surface area contributed by atoms with E-state index in [2.05, 4.69) is 10.1 Å². The molecule has 0 aliphatic carbocycles. The molecule has 2 aromatic carbocycles. The molecule has 1 atom stereocenters. The lowest BCUT2D eigenvalue weighted by Crippen LogP contribution is -2.29. The molecule has 0 spiro atoms. The second-order valence-corrected chi connectivity index (χ2v) is 7.95. The van der Waals surface area contributed by atoms with Crippen LogP contribution in [0.1, 0.15) is 23.6 Å². The SMILES string of the molecule is CC(N)OC(=O)/C(=C\C(=O)O)c1c[nH]c2ccc(Cn3[nH]c(=O)n(Cc4ccccc4)c3=O)cc12. The van der Waals surface area contributed by atoms with Gasteiger partial charge in [0.15, 0.2) is 0 Å². The van der Waals surface area contributed by atoms with Gasteiger partial charge in [-0.25, -0.2) is 33.5 Å². The third kappa shape index (κ3) is 5.14. The highest BCUT2D eigenvalue weighted by Crippen LogP contribution is 2.27. The van der Waals surface area contributed by atoms with Gasteiger partial charge in [0.25, 0.3) is 0 Å². The second-order valence-electron chi connectivity index (χ2n) is 7.95. The van der Waals surface area contributed by atoms with Crippen LogP contribution in [0.3, 0.4) is 0 Å². The van der Waals surface area contributed by atoms with Crippen molar-refractivity contribution in [1.82, 2.24) is 19.3 Å². The molecule has 0 aliphatic heterocycles. The van der Waals surface area contributed by atoms with Crippen molar-refractivity contribution in [2.75, 3.05) is 0 Å². The van der Waals surface area contributed by atoms with Gasteiger partial charge >= 0.3 is 23.3 Å². The number of carboxylic acid groups (broad SMARTS) is 1. The summed E-state index contributed by atoms with van der Waals surface area (Å²) in [6.45, 7) is 1.64. The lowest BCUT2D eigenvalue weighted by molar-refractivity contribution is -0.141. The molecule has 0 bridgehead atoms. The number of H-pyrrole nitrogens is 2. The molecule has 2 aromatic heterocycles. The lowest BCUT2D eigenvalue weighted by atomic mass is 10.0. The van der Waals surface area contributed by atoms with E-state index in [1.807, 2.05) is 30.3 Å². The van der Waals surface area contributed by atoms with E-state index in [1.54, 1.807) is 18.2 Å². The minimum atomic E-state index is -1.32. The van der Waals surface area contributed by atoms with Crippen LogP contribution in [0, 0.1) is 0 Å². The fraction of sp³-hybridized carbons (Fsp3) is 0.167. The van der Waals surface area contributed by atoms with Crippen LogP contribution in [-0.2, 0) is 27.4 Å². The fourth-order valence-corrected chi connectivity index (χ4v) is 3.74. The van der Waals surface area contributed by atoms with Crippen LogP contribution in [0.4, 0.5) is 0 Å². The van der Waals surface area contributed by atoms with Gasteiger partial charge in [-0.05, 0) is 30.2 Å². The third-order valence-corrected chi connectivity index (χ3v) is 5.28. The minimum Gasteiger partial charge on any atom is -0.478 e. The molecule has 4 rings (SSSR count). The molecular weight excluding hydrogens is 454 g/mol. The zero-order valence-electron chi connectivity index (χ0n) is 18.7. The Kier molecular flexibility index (Phi) is 6.51. The van der Waals surface area contributed by atoms with Gasteiger partial charge in [0.05, 0.1) is 18.7 Å². The van der Waals surface area contributed by atoms with Crippen LogP contribution >= 0.6 is 0 Å². The molecule has 11 nitrogen and oxygen atoms in total. The smallest absolute Gasteiger partial charge is 0.347 e. The number of nitrogens with one attached hydrogen (secondary N) is 2. The number of carbonyl (C=O) groups is 2. The largest absolute Gasteiger partial charge is 0.478 e. The Hall–Kier alpha value is -4.64. The van der Waals surface area contributed by atoms with E-state index in [4.69, 9.17) is 10.5 Å². The summed E-state index contributed by atoms with van der Waals surface area (Å²) in [5.74, 6) is -2.21. The van der Waals surface area contributed by atoms with Gasteiger partial charge in [0.1, 0.15) is 6.23 Å². The number of benzene rings is 2. The van der Waals surface area contributed by atoms with Crippen molar-refractivity contribution >= 4 is 28.4 Å². The van der Waals surface area contributed by atoms with Crippen LogP contribution < -0.4 is 17.1 Å². The highest BCUT2D eigenvalue weighted by molar-refractivity contribution is 6.23. The average molecular weight is 477 g/mol. The molecule has 0 fully saturated rings. The number of nitrogens with zero attached hydrogens (tertiary/aromatic N) is 2. The molecule has 0 radical (unpaired) electrons. The second kappa shape index (κ2) is 9.69. The van der Waals surface area contributed by atoms with Crippen molar-refractivity contribution in [3.8, 4) is 0 Å². The Morgan fingerprint density at radius 3 is 2.54 bits per heavy atom. The van der Waals surface area contributed by atoms with Crippen molar-refractivity contribution in [1.29, 1.82) is 0 Å². The van der Waals surface area contributed by atoms with E-state index in [0.717, 1.165) is 16.2 Å². The number of carbonyl (C=O) groups excluding carboxylic acids is 1. The number of aliphatic carboxylic acids is 1. The molecule has 0 saturated heterocycles. The number of rotatable bonds is 8. The molecule has 0 aliphatic rings. The number of ether oxygens (including phenoxy) is 1. The molecule has 2 heterocycles. The summed E-state index contributed by atoms with van der Waals surface area (Å²) in [5, 5.41) is 12.3. The van der Waals surface area contributed by atoms with Crippen molar-refractivity contribution < 1.29 is 19.4 Å². The zero-order valence-corrected chi connectivity index (χ0v) is 18.7. The molecule has 180 valence electrons. The zero-order chi connectivity index (χ0) is 25.1. The fourth-order valence-electron chi connectivity index (χ4n) is 3.74. The quantitative estimate of drug-likeness (QED) is 0.168. The van der Waals surface area contributed by atoms with Crippen LogP contribution in [-0.4, -0.2) is 42.6 Å². The Bertz CT molecular complexity index is 1540. The number of aromatic amines is 2. The average Bonchev–Trinajstić information content (AvgIpc) is 3.33. The predicted molar refractivity (Wildman–Crippen MR) is 128 cm³/mol. The van der Waals surface area contributed by atoms with E-state index in [0.29, 0.717) is 22.0 Å². The molecule has 0 amide bonds. The normalized spacial score (nSPS) is 12.6. The van der Waals surface area contributed by atoms with E-state index in [-0.39, 0.29) is 18.7 Å². The van der Waals surface area contributed by atoms with Gasteiger partial charge in [-0.1, -0.05) is 36.4 Å². The number of fused-ring (bicyclic) bond motifs is 1. The summed E-state index contributed by atoms with van der Waals surface area (Å²) in [7, 11) is 0. The van der Waals surface area contributed by atoms with E-state index in [9.17, 15) is 24.3 Å². The maximum Gasteiger partial charge on any atom is 0.347 e.